The zero-order chi connectivity index (χ0) is 19.9. The van der Waals surface area contributed by atoms with Gasteiger partial charge in [-0.3, -0.25) is 4.79 Å². The number of benzene rings is 3. The minimum Gasteiger partial charge on any atom is -0.489 e. The Bertz CT molecular complexity index is 1050. The molecule has 4 rings (SSSR count). The quantitative estimate of drug-likeness (QED) is 0.450. The lowest BCUT2D eigenvalue weighted by Gasteiger charge is -2.07. The number of ether oxygens (including phenoxy) is 1. The molecule has 0 saturated heterocycles. The van der Waals surface area contributed by atoms with Gasteiger partial charge in [0.25, 0.3) is 0 Å². The van der Waals surface area contributed by atoms with E-state index in [1.165, 1.54) is 17.3 Å². The number of carbonyl (C=O) groups is 1. The second-order valence-electron chi connectivity index (χ2n) is 6.42. The molecule has 3 aromatic carbocycles. The maximum absolute atomic E-state index is 12.3. The predicted molar refractivity (Wildman–Crippen MR) is 123 cm³/mol. The lowest BCUT2D eigenvalue weighted by molar-refractivity contribution is -0.107. The van der Waals surface area contributed by atoms with Gasteiger partial charge in [-0.05, 0) is 46.7 Å². The molecule has 0 radical (unpaired) electrons. The molecule has 0 atom stereocenters. The van der Waals surface area contributed by atoms with Crippen molar-refractivity contribution >= 4 is 39.1 Å². The van der Waals surface area contributed by atoms with Crippen molar-refractivity contribution in [2.75, 3.05) is 0 Å². The van der Waals surface area contributed by atoms with Crippen LogP contribution in [0.25, 0.3) is 6.08 Å². The Morgan fingerprint density at radius 1 is 0.897 bits per heavy atom. The van der Waals surface area contributed by atoms with Crippen LogP contribution in [-0.2, 0) is 17.2 Å². The number of hydrogen-bond acceptors (Lipinski definition) is 5. The molecule has 0 bridgehead atoms. The fraction of sp³-hybridized carbons (Fsp3) is 0.0833. The van der Waals surface area contributed by atoms with Crippen LogP contribution in [0.3, 0.4) is 0 Å². The molecule has 1 aliphatic heterocycles. The molecule has 0 amide bonds. The second kappa shape index (κ2) is 9.63. The van der Waals surface area contributed by atoms with Crippen LogP contribution in [0.4, 0.5) is 0 Å². The summed E-state index contributed by atoms with van der Waals surface area (Å²) in [5.41, 5.74) is 3.71. The molecule has 0 aliphatic carbocycles. The topological polar surface area (TPSA) is 38.7 Å². The van der Waals surface area contributed by atoms with Crippen molar-refractivity contribution in [2.24, 2.45) is 4.99 Å². The van der Waals surface area contributed by atoms with Crippen LogP contribution in [0.5, 0.6) is 5.75 Å². The molecule has 3 nitrogen and oxygen atoms in total. The highest BCUT2D eigenvalue weighted by Crippen LogP contribution is 2.32. The molecule has 1 aliphatic rings. The third-order valence-corrected chi connectivity index (χ3v) is 6.30. The molecule has 0 spiro atoms. The summed E-state index contributed by atoms with van der Waals surface area (Å²) in [6.07, 6.45) is 1.82. The number of hydrogen-bond donors (Lipinski definition) is 0. The summed E-state index contributed by atoms with van der Waals surface area (Å²) in [4.78, 5) is 16.8. The summed E-state index contributed by atoms with van der Waals surface area (Å²) in [7, 11) is 0. The maximum atomic E-state index is 12.3. The zero-order valence-corrected chi connectivity index (χ0v) is 17.3. The van der Waals surface area contributed by atoms with Gasteiger partial charge in [0.15, 0.2) is 0 Å². The number of aliphatic imine (C=N–C) groups is 1. The Kier molecular flexibility index (Phi) is 6.49. The first-order valence-corrected chi connectivity index (χ1v) is 11.0. The summed E-state index contributed by atoms with van der Waals surface area (Å²) in [6.45, 7) is 0.508. The molecule has 0 aromatic heterocycles. The Hall–Kier alpha value is -2.76. The molecule has 5 heteroatoms. The lowest BCUT2D eigenvalue weighted by atomic mass is 10.2. The first-order chi connectivity index (χ1) is 14.3. The van der Waals surface area contributed by atoms with Crippen molar-refractivity contribution in [1.29, 1.82) is 0 Å². The zero-order valence-electron chi connectivity index (χ0n) is 15.7. The number of carbonyl (C=O) groups excluding carboxylic acids is 1. The Morgan fingerprint density at radius 3 is 2.38 bits per heavy atom. The van der Waals surface area contributed by atoms with Crippen molar-refractivity contribution < 1.29 is 9.53 Å². The van der Waals surface area contributed by atoms with Crippen LogP contribution < -0.4 is 4.74 Å². The Labute approximate surface area is 178 Å². The Balaban J connectivity index is 1.41. The van der Waals surface area contributed by atoms with Crippen LogP contribution in [0, 0.1) is 0 Å². The van der Waals surface area contributed by atoms with E-state index >= 15 is 0 Å². The highest BCUT2D eigenvalue weighted by Gasteiger charge is 2.22. The van der Waals surface area contributed by atoms with E-state index in [0.717, 1.165) is 27.0 Å². The van der Waals surface area contributed by atoms with Crippen molar-refractivity contribution in [1.82, 2.24) is 0 Å². The van der Waals surface area contributed by atoms with Crippen molar-refractivity contribution in [3.8, 4) is 5.75 Å². The minimum absolute atomic E-state index is 0.0174. The van der Waals surface area contributed by atoms with E-state index in [9.17, 15) is 4.79 Å². The van der Waals surface area contributed by atoms with Crippen LogP contribution in [0.1, 0.15) is 16.7 Å². The fourth-order valence-electron chi connectivity index (χ4n) is 2.76. The van der Waals surface area contributed by atoms with Crippen LogP contribution in [0.2, 0.25) is 0 Å². The molecule has 0 N–H and O–H groups in total. The molecular weight excluding hydrogens is 398 g/mol. The monoisotopic (exact) mass is 417 g/mol. The number of rotatable bonds is 6. The molecule has 0 fully saturated rings. The van der Waals surface area contributed by atoms with Crippen molar-refractivity contribution in [3.05, 3.63) is 107 Å². The van der Waals surface area contributed by atoms with Gasteiger partial charge in [0.2, 0.25) is 5.12 Å². The van der Waals surface area contributed by atoms with Gasteiger partial charge in [0.1, 0.15) is 22.4 Å². The second-order valence-corrected chi connectivity index (χ2v) is 8.60. The summed E-state index contributed by atoms with van der Waals surface area (Å²) < 4.78 is 6.67. The fourth-order valence-corrected chi connectivity index (χ4v) is 4.56. The van der Waals surface area contributed by atoms with E-state index in [-0.39, 0.29) is 5.12 Å². The minimum atomic E-state index is -0.0174. The summed E-state index contributed by atoms with van der Waals surface area (Å²) >= 11 is 2.79. The van der Waals surface area contributed by atoms with Crippen LogP contribution in [0.15, 0.2) is 95.6 Å². The largest absolute Gasteiger partial charge is 0.489 e. The van der Waals surface area contributed by atoms with Gasteiger partial charge in [-0.15, -0.1) is 0 Å². The standard InChI is InChI=1S/C24H19NO2S2/c26-23-22(25-24(29-23)28-17-19-10-5-2-6-11-19)15-20-12-7-13-21(14-20)27-16-18-8-3-1-4-9-18/h1-15H,16-17H2/b22-15+. The van der Waals surface area contributed by atoms with Gasteiger partial charge >= 0.3 is 0 Å². The van der Waals surface area contributed by atoms with Gasteiger partial charge in [0.05, 0.1) is 0 Å². The molecule has 29 heavy (non-hydrogen) atoms. The lowest BCUT2D eigenvalue weighted by Crippen LogP contribution is -1.95. The first-order valence-electron chi connectivity index (χ1n) is 9.22. The molecule has 1 heterocycles. The van der Waals surface area contributed by atoms with E-state index in [1.807, 2.05) is 78.9 Å². The third kappa shape index (κ3) is 5.62. The van der Waals surface area contributed by atoms with Gasteiger partial charge in [0, 0.05) is 5.75 Å². The van der Waals surface area contributed by atoms with Crippen LogP contribution in [-0.4, -0.2) is 9.49 Å². The number of nitrogens with zero attached hydrogens (tertiary/aromatic N) is 1. The molecular formula is C24H19NO2S2. The number of thioether (sulfide) groups is 2. The maximum Gasteiger partial charge on any atom is 0.244 e. The van der Waals surface area contributed by atoms with Crippen molar-refractivity contribution in [3.63, 3.8) is 0 Å². The average Bonchev–Trinajstić information content (AvgIpc) is 3.12. The third-order valence-electron chi connectivity index (χ3n) is 4.22. The predicted octanol–water partition coefficient (Wildman–Crippen LogP) is 6.17. The van der Waals surface area contributed by atoms with E-state index < -0.39 is 0 Å². The highest BCUT2D eigenvalue weighted by molar-refractivity contribution is 8.45. The first kappa shape index (κ1) is 19.6. The molecule has 0 unspecified atom stereocenters. The van der Waals surface area contributed by atoms with Gasteiger partial charge < -0.3 is 4.74 Å². The molecule has 144 valence electrons. The summed E-state index contributed by atoms with van der Waals surface area (Å²) in [6, 6.07) is 27.9. The van der Waals surface area contributed by atoms with E-state index in [0.29, 0.717) is 12.3 Å². The van der Waals surface area contributed by atoms with Gasteiger partial charge in [-0.25, -0.2) is 4.99 Å². The summed E-state index contributed by atoms with van der Waals surface area (Å²) in [5.74, 6) is 1.57. The molecule has 0 saturated carbocycles. The van der Waals surface area contributed by atoms with Crippen molar-refractivity contribution in [2.45, 2.75) is 12.4 Å². The normalized spacial score (nSPS) is 14.8. The van der Waals surface area contributed by atoms with E-state index in [4.69, 9.17) is 4.74 Å². The summed E-state index contributed by atoms with van der Waals surface area (Å²) in [5, 5.41) is -0.0174. The van der Waals surface area contributed by atoms with Crippen LogP contribution >= 0.6 is 23.5 Å². The SMILES string of the molecule is O=C1SC(SCc2ccccc2)=N/C1=C/c1cccc(OCc2ccccc2)c1. The van der Waals surface area contributed by atoms with Gasteiger partial charge in [-0.2, -0.15) is 0 Å². The van der Waals surface area contributed by atoms with E-state index in [1.54, 1.807) is 11.8 Å². The van der Waals surface area contributed by atoms with E-state index in [2.05, 4.69) is 17.1 Å². The molecule has 3 aromatic rings. The van der Waals surface area contributed by atoms with Gasteiger partial charge in [-0.1, -0.05) is 84.6 Å². The smallest absolute Gasteiger partial charge is 0.244 e. The average molecular weight is 418 g/mol. The Morgan fingerprint density at radius 2 is 1.62 bits per heavy atom. The highest BCUT2D eigenvalue weighted by atomic mass is 32.2.